The molecule has 1 aliphatic heterocycles. The third-order valence-corrected chi connectivity index (χ3v) is 4.88. The molecule has 0 saturated carbocycles. The van der Waals surface area contributed by atoms with E-state index in [-0.39, 0.29) is 6.04 Å². The fourth-order valence-electron chi connectivity index (χ4n) is 2.70. The van der Waals surface area contributed by atoms with E-state index in [1.807, 2.05) is 18.8 Å². The summed E-state index contributed by atoms with van der Waals surface area (Å²) in [4.78, 5) is 7.68. The Bertz CT molecular complexity index is 830. The number of benzene rings is 1. The summed E-state index contributed by atoms with van der Waals surface area (Å²) in [6.45, 7) is 0. The molecule has 0 amide bonds. The minimum absolute atomic E-state index is 0.0808. The van der Waals surface area contributed by atoms with Crippen LogP contribution in [0.3, 0.4) is 0 Å². The number of hydrogen-bond donors (Lipinski definition) is 1. The van der Waals surface area contributed by atoms with Crippen LogP contribution in [0, 0.1) is 0 Å². The lowest BCUT2D eigenvalue weighted by Gasteiger charge is -2.23. The number of nitrogens with one attached hydrogen (secondary N) is 1. The number of fused-ring (bicyclic) bond motifs is 1. The average Bonchev–Trinajstić information content (AvgIpc) is 3.25. The van der Waals surface area contributed by atoms with Gasteiger partial charge in [-0.1, -0.05) is 18.2 Å². The van der Waals surface area contributed by atoms with Crippen molar-refractivity contribution in [3.63, 3.8) is 0 Å². The van der Waals surface area contributed by atoms with Crippen LogP contribution in [-0.2, 0) is 0 Å². The highest BCUT2D eigenvalue weighted by Crippen LogP contribution is 2.34. The lowest BCUT2D eigenvalue weighted by Crippen LogP contribution is -2.19. The molecule has 1 aromatic carbocycles. The summed E-state index contributed by atoms with van der Waals surface area (Å²) >= 11 is 1.73. The number of rotatable bonds is 3. The summed E-state index contributed by atoms with van der Waals surface area (Å²) in [6, 6.07) is 12.8. The van der Waals surface area contributed by atoms with E-state index in [4.69, 9.17) is 0 Å². The number of aromatic nitrogens is 3. The summed E-state index contributed by atoms with van der Waals surface area (Å²) in [6.07, 6.45) is 3.80. The lowest BCUT2D eigenvalue weighted by atomic mass is 10.1. The molecule has 3 aromatic rings. The smallest absolute Gasteiger partial charge is 0.226 e. The van der Waals surface area contributed by atoms with Crippen molar-refractivity contribution in [3.05, 3.63) is 64.6 Å². The molecular formula is C17H17N5S. The standard InChI is InChI=1S/C17H17N5S/c1-21(2)13-7-5-12(6-8-13)14-10-15(16-4-3-9-23-16)22-17(20-14)18-11-19-22/h3-11,15H,1-2H3,(H,18,19,20)/t15-/m1/s1. The summed E-state index contributed by atoms with van der Waals surface area (Å²) in [5, 5.41) is 9.82. The maximum atomic E-state index is 4.36. The van der Waals surface area contributed by atoms with Crippen molar-refractivity contribution in [2.45, 2.75) is 6.04 Å². The van der Waals surface area contributed by atoms with Crippen LogP contribution in [0.2, 0.25) is 0 Å². The van der Waals surface area contributed by atoms with Gasteiger partial charge in [-0.05, 0) is 35.2 Å². The predicted molar refractivity (Wildman–Crippen MR) is 94.8 cm³/mol. The molecule has 0 fully saturated rings. The van der Waals surface area contributed by atoms with Crippen LogP contribution in [0.25, 0.3) is 5.70 Å². The molecule has 1 atom stereocenters. The number of thiophene rings is 1. The Hall–Kier alpha value is -2.60. The molecule has 116 valence electrons. The van der Waals surface area contributed by atoms with E-state index >= 15 is 0 Å². The summed E-state index contributed by atoms with van der Waals surface area (Å²) in [7, 11) is 4.09. The van der Waals surface area contributed by atoms with Gasteiger partial charge in [0.25, 0.3) is 0 Å². The molecule has 0 saturated heterocycles. The Morgan fingerprint density at radius 2 is 2.00 bits per heavy atom. The van der Waals surface area contributed by atoms with Crippen LogP contribution in [0.15, 0.2) is 54.2 Å². The normalized spacial score (nSPS) is 16.4. The average molecular weight is 323 g/mol. The summed E-state index contributed by atoms with van der Waals surface area (Å²) < 4.78 is 1.92. The zero-order chi connectivity index (χ0) is 15.8. The van der Waals surface area contributed by atoms with Crippen LogP contribution in [0.1, 0.15) is 16.5 Å². The number of allylic oxidation sites excluding steroid dienone is 1. The van der Waals surface area contributed by atoms with Gasteiger partial charge < -0.3 is 10.2 Å². The topological polar surface area (TPSA) is 46.0 Å². The van der Waals surface area contributed by atoms with Crippen molar-refractivity contribution >= 4 is 28.7 Å². The van der Waals surface area contributed by atoms with E-state index in [1.165, 1.54) is 10.6 Å². The van der Waals surface area contributed by atoms with E-state index in [9.17, 15) is 0 Å². The predicted octanol–water partition coefficient (Wildman–Crippen LogP) is 3.46. The third-order valence-electron chi connectivity index (χ3n) is 3.94. The van der Waals surface area contributed by atoms with Crippen molar-refractivity contribution in [2.75, 3.05) is 24.3 Å². The highest BCUT2D eigenvalue weighted by molar-refractivity contribution is 7.10. The van der Waals surface area contributed by atoms with Gasteiger partial charge in [-0.2, -0.15) is 10.1 Å². The Morgan fingerprint density at radius 1 is 1.17 bits per heavy atom. The van der Waals surface area contributed by atoms with Gasteiger partial charge in [0.15, 0.2) is 0 Å². The van der Waals surface area contributed by atoms with Crippen molar-refractivity contribution in [1.29, 1.82) is 0 Å². The zero-order valence-corrected chi connectivity index (χ0v) is 13.8. The van der Waals surface area contributed by atoms with Gasteiger partial charge in [0.2, 0.25) is 5.95 Å². The second-order valence-electron chi connectivity index (χ2n) is 5.64. The quantitative estimate of drug-likeness (QED) is 0.802. The van der Waals surface area contributed by atoms with Crippen molar-refractivity contribution in [3.8, 4) is 0 Å². The minimum Gasteiger partial charge on any atom is -0.378 e. The van der Waals surface area contributed by atoms with Crippen molar-refractivity contribution < 1.29 is 0 Å². The van der Waals surface area contributed by atoms with Gasteiger partial charge in [-0.25, -0.2) is 4.68 Å². The van der Waals surface area contributed by atoms with Crippen LogP contribution in [0.4, 0.5) is 11.6 Å². The monoisotopic (exact) mass is 323 g/mol. The molecule has 0 radical (unpaired) electrons. The van der Waals surface area contributed by atoms with E-state index in [2.05, 4.69) is 68.2 Å². The third kappa shape index (κ3) is 2.51. The molecule has 0 spiro atoms. The molecule has 23 heavy (non-hydrogen) atoms. The Labute approximate surface area is 138 Å². The number of hydrogen-bond acceptors (Lipinski definition) is 5. The van der Waals surface area contributed by atoms with Gasteiger partial charge in [-0.3, -0.25) is 0 Å². The fraction of sp³-hybridized carbons (Fsp3) is 0.176. The van der Waals surface area contributed by atoms with E-state index in [0.29, 0.717) is 0 Å². The van der Waals surface area contributed by atoms with Crippen LogP contribution in [0.5, 0.6) is 0 Å². The summed E-state index contributed by atoms with van der Waals surface area (Å²) in [5.41, 5.74) is 3.39. The first-order valence-corrected chi connectivity index (χ1v) is 8.30. The minimum atomic E-state index is 0.0808. The van der Waals surface area contributed by atoms with Crippen molar-refractivity contribution in [1.82, 2.24) is 14.8 Å². The molecule has 5 nitrogen and oxygen atoms in total. The van der Waals surface area contributed by atoms with Gasteiger partial charge in [0.1, 0.15) is 12.4 Å². The van der Waals surface area contributed by atoms with Gasteiger partial charge in [0.05, 0.1) is 0 Å². The first-order valence-electron chi connectivity index (χ1n) is 7.42. The molecule has 1 aliphatic rings. The molecule has 2 aromatic heterocycles. The van der Waals surface area contributed by atoms with Gasteiger partial charge in [0, 0.05) is 30.4 Å². The Morgan fingerprint density at radius 3 is 2.70 bits per heavy atom. The molecule has 6 heteroatoms. The van der Waals surface area contributed by atoms with E-state index in [1.54, 1.807) is 17.7 Å². The highest BCUT2D eigenvalue weighted by atomic mass is 32.1. The maximum Gasteiger partial charge on any atom is 0.226 e. The molecule has 0 unspecified atom stereocenters. The first-order chi connectivity index (χ1) is 11.2. The number of anilines is 2. The maximum absolute atomic E-state index is 4.36. The molecule has 4 rings (SSSR count). The summed E-state index contributed by atoms with van der Waals surface area (Å²) in [5.74, 6) is 0.776. The van der Waals surface area contributed by atoms with Crippen molar-refractivity contribution in [2.24, 2.45) is 0 Å². The molecule has 0 bridgehead atoms. The SMILES string of the molecule is CN(C)c1ccc(C2=C[C@H](c3cccs3)n3ncnc3N2)cc1. The van der Waals surface area contributed by atoms with Crippen LogP contribution in [-0.4, -0.2) is 28.9 Å². The Balaban J connectivity index is 1.74. The zero-order valence-electron chi connectivity index (χ0n) is 13.0. The Kier molecular flexibility index (Phi) is 3.38. The van der Waals surface area contributed by atoms with Crippen LogP contribution >= 0.6 is 11.3 Å². The highest BCUT2D eigenvalue weighted by Gasteiger charge is 2.23. The molecule has 1 N–H and O–H groups in total. The molecule has 3 heterocycles. The molecular weight excluding hydrogens is 306 g/mol. The first kappa shape index (κ1) is 14.0. The van der Waals surface area contributed by atoms with Gasteiger partial charge in [-0.15, -0.1) is 11.3 Å². The van der Waals surface area contributed by atoms with E-state index < -0.39 is 0 Å². The number of nitrogens with zero attached hydrogens (tertiary/aromatic N) is 4. The molecule has 0 aliphatic carbocycles. The van der Waals surface area contributed by atoms with Gasteiger partial charge >= 0.3 is 0 Å². The second-order valence-corrected chi connectivity index (χ2v) is 6.61. The lowest BCUT2D eigenvalue weighted by molar-refractivity contribution is 0.620. The van der Waals surface area contributed by atoms with Crippen LogP contribution < -0.4 is 10.2 Å². The fourth-order valence-corrected chi connectivity index (χ4v) is 3.48. The van der Waals surface area contributed by atoms with E-state index in [0.717, 1.165) is 17.2 Å². The second kappa shape index (κ2) is 5.55. The largest absolute Gasteiger partial charge is 0.378 e.